The summed E-state index contributed by atoms with van der Waals surface area (Å²) in [5.74, 6) is 0. The molecule has 0 aromatic carbocycles. The van der Waals surface area contributed by atoms with E-state index < -0.39 is 0 Å². The van der Waals surface area contributed by atoms with Crippen molar-refractivity contribution in [3.05, 3.63) is 16.1 Å². The molecule has 0 saturated carbocycles. The van der Waals surface area contributed by atoms with E-state index >= 15 is 0 Å². The second-order valence-electron chi connectivity index (χ2n) is 4.66. The summed E-state index contributed by atoms with van der Waals surface area (Å²) in [5.41, 5.74) is 0. The van der Waals surface area contributed by atoms with Gasteiger partial charge in [0.2, 0.25) is 0 Å². The molecular weight excluding hydrogens is 218 g/mol. The SMILES string of the molecule is Cc1ncc(CNC(C)CC2CCCN2)s1. The highest BCUT2D eigenvalue weighted by Crippen LogP contribution is 2.13. The molecule has 2 N–H and O–H groups in total. The first kappa shape index (κ1) is 12.0. The molecule has 0 radical (unpaired) electrons. The van der Waals surface area contributed by atoms with Crippen molar-refractivity contribution in [2.24, 2.45) is 0 Å². The van der Waals surface area contributed by atoms with E-state index in [1.165, 1.54) is 30.7 Å². The van der Waals surface area contributed by atoms with E-state index in [0.29, 0.717) is 6.04 Å². The summed E-state index contributed by atoms with van der Waals surface area (Å²) in [6, 6.07) is 1.31. The first-order valence-electron chi connectivity index (χ1n) is 6.12. The zero-order chi connectivity index (χ0) is 11.4. The van der Waals surface area contributed by atoms with Crippen LogP contribution in [0, 0.1) is 6.92 Å². The van der Waals surface area contributed by atoms with Crippen LogP contribution >= 0.6 is 11.3 Å². The van der Waals surface area contributed by atoms with E-state index in [-0.39, 0.29) is 0 Å². The Hall–Kier alpha value is -0.450. The lowest BCUT2D eigenvalue weighted by molar-refractivity contribution is 0.441. The van der Waals surface area contributed by atoms with Gasteiger partial charge in [-0.1, -0.05) is 0 Å². The lowest BCUT2D eigenvalue weighted by Gasteiger charge is -2.17. The second-order valence-corrected chi connectivity index (χ2v) is 5.98. The maximum absolute atomic E-state index is 4.26. The minimum absolute atomic E-state index is 0.581. The third-order valence-corrected chi connectivity index (χ3v) is 4.01. The van der Waals surface area contributed by atoms with Crippen LogP contribution in [0.15, 0.2) is 6.20 Å². The van der Waals surface area contributed by atoms with Crippen molar-refractivity contribution in [3.8, 4) is 0 Å². The average Bonchev–Trinajstić information content (AvgIpc) is 2.87. The molecule has 16 heavy (non-hydrogen) atoms. The molecule has 90 valence electrons. The minimum Gasteiger partial charge on any atom is -0.314 e. The van der Waals surface area contributed by atoms with Crippen molar-refractivity contribution in [1.82, 2.24) is 15.6 Å². The van der Waals surface area contributed by atoms with Crippen LogP contribution in [0.5, 0.6) is 0 Å². The fourth-order valence-corrected chi connectivity index (χ4v) is 2.98. The third kappa shape index (κ3) is 3.54. The van der Waals surface area contributed by atoms with Crippen LogP contribution in [0.1, 0.15) is 36.1 Å². The summed E-state index contributed by atoms with van der Waals surface area (Å²) in [7, 11) is 0. The zero-order valence-electron chi connectivity index (χ0n) is 10.1. The highest BCUT2D eigenvalue weighted by molar-refractivity contribution is 7.11. The number of rotatable bonds is 5. The maximum Gasteiger partial charge on any atom is 0.0897 e. The second kappa shape index (κ2) is 5.75. The van der Waals surface area contributed by atoms with Gasteiger partial charge >= 0.3 is 0 Å². The number of hydrogen-bond acceptors (Lipinski definition) is 4. The summed E-state index contributed by atoms with van der Waals surface area (Å²) in [5, 5.41) is 8.26. The molecule has 1 aliphatic heterocycles. The standard InChI is InChI=1S/C12H21N3S/c1-9(6-11-4-3-5-13-11)14-7-12-8-15-10(2)16-12/h8-9,11,13-14H,3-7H2,1-2H3. The number of thiazole rings is 1. The molecule has 0 bridgehead atoms. The molecule has 2 atom stereocenters. The van der Waals surface area contributed by atoms with Crippen molar-refractivity contribution in [2.75, 3.05) is 6.54 Å². The van der Waals surface area contributed by atoms with Gasteiger partial charge in [0.25, 0.3) is 0 Å². The molecule has 2 unspecified atom stereocenters. The van der Waals surface area contributed by atoms with Gasteiger partial charge in [0, 0.05) is 29.7 Å². The topological polar surface area (TPSA) is 37.0 Å². The fourth-order valence-electron chi connectivity index (χ4n) is 2.23. The van der Waals surface area contributed by atoms with Crippen molar-refractivity contribution < 1.29 is 0 Å². The molecule has 0 aliphatic carbocycles. The van der Waals surface area contributed by atoms with E-state index in [1.54, 1.807) is 11.3 Å². The predicted octanol–water partition coefficient (Wildman–Crippen LogP) is 2.07. The van der Waals surface area contributed by atoms with Crippen molar-refractivity contribution >= 4 is 11.3 Å². The molecule has 3 nitrogen and oxygen atoms in total. The maximum atomic E-state index is 4.26. The first-order chi connectivity index (χ1) is 7.74. The summed E-state index contributed by atoms with van der Waals surface area (Å²) in [6.07, 6.45) is 5.89. The Balaban J connectivity index is 1.68. The normalized spacial score (nSPS) is 22.5. The summed E-state index contributed by atoms with van der Waals surface area (Å²) < 4.78 is 0. The lowest BCUT2D eigenvalue weighted by Crippen LogP contribution is -2.33. The van der Waals surface area contributed by atoms with Crippen LogP contribution < -0.4 is 10.6 Å². The third-order valence-electron chi connectivity index (χ3n) is 3.09. The highest BCUT2D eigenvalue weighted by Gasteiger charge is 2.16. The molecule has 1 aromatic rings. The highest BCUT2D eigenvalue weighted by atomic mass is 32.1. The molecule has 1 aliphatic rings. The largest absolute Gasteiger partial charge is 0.314 e. The molecule has 1 aromatic heterocycles. The van der Waals surface area contributed by atoms with Gasteiger partial charge in [-0.25, -0.2) is 4.98 Å². The van der Waals surface area contributed by atoms with Crippen LogP contribution in [0.4, 0.5) is 0 Å². The average molecular weight is 239 g/mol. The van der Waals surface area contributed by atoms with E-state index in [1.807, 2.05) is 6.20 Å². The molecular formula is C12H21N3S. The number of nitrogens with one attached hydrogen (secondary N) is 2. The van der Waals surface area contributed by atoms with E-state index in [4.69, 9.17) is 0 Å². The van der Waals surface area contributed by atoms with Crippen LogP contribution in [-0.4, -0.2) is 23.6 Å². The molecule has 1 fully saturated rings. The van der Waals surface area contributed by atoms with Crippen LogP contribution in [0.3, 0.4) is 0 Å². The van der Waals surface area contributed by atoms with Gasteiger partial charge in [-0.05, 0) is 39.7 Å². The molecule has 1 saturated heterocycles. The van der Waals surface area contributed by atoms with Gasteiger partial charge in [0.05, 0.1) is 5.01 Å². The smallest absolute Gasteiger partial charge is 0.0897 e. The Labute approximate surface area is 102 Å². The number of hydrogen-bond donors (Lipinski definition) is 2. The number of aryl methyl sites for hydroxylation is 1. The lowest BCUT2D eigenvalue weighted by atomic mass is 10.1. The van der Waals surface area contributed by atoms with Gasteiger partial charge < -0.3 is 10.6 Å². The van der Waals surface area contributed by atoms with Gasteiger partial charge in [-0.2, -0.15) is 0 Å². The van der Waals surface area contributed by atoms with Crippen LogP contribution in [-0.2, 0) is 6.54 Å². The Morgan fingerprint density at radius 2 is 2.56 bits per heavy atom. The van der Waals surface area contributed by atoms with Gasteiger partial charge in [0.15, 0.2) is 0 Å². The van der Waals surface area contributed by atoms with Gasteiger partial charge in [-0.15, -0.1) is 11.3 Å². The molecule has 0 amide bonds. The van der Waals surface area contributed by atoms with Crippen molar-refractivity contribution in [1.29, 1.82) is 0 Å². The van der Waals surface area contributed by atoms with E-state index in [9.17, 15) is 0 Å². The number of nitrogens with zero attached hydrogens (tertiary/aromatic N) is 1. The van der Waals surface area contributed by atoms with E-state index in [2.05, 4.69) is 29.5 Å². The Morgan fingerprint density at radius 1 is 1.69 bits per heavy atom. The summed E-state index contributed by atoms with van der Waals surface area (Å²) >= 11 is 1.78. The number of aromatic nitrogens is 1. The monoisotopic (exact) mass is 239 g/mol. The first-order valence-corrected chi connectivity index (χ1v) is 6.94. The Kier molecular flexibility index (Phi) is 4.32. The van der Waals surface area contributed by atoms with Gasteiger partial charge in [-0.3, -0.25) is 0 Å². The predicted molar refractivity (Wildman–Crippen MR) is 68.8 cm³/mol. The van der Waals surface area contributed by atoms with Gasteiger partial charge in [0.1, 0.15) is 0 Å². The van der Waals surface area contributed by atoms with Crippen molar-refractivity contribution in [3.63, 3.8) is 0 Å². The van der Waals surface area contributed by atoms with Crippen LogP contribution in [0.25, 0.3) is 0 Å². The Morgan fingerprint density at radius 3 is 3.19 bits per heavy atom. The molecule has 2 rings (SSSR count). The summed E-state index contributed by atoms with van der Waals surface area (Å²) in [6.45, 7) is 6.48. The van der Waals surface area contributed by atoms with Crippen molar-refractivity contribution in [2.45, 2.75) is 51.7 Å². The molecule has 2 heterocycles. The summed E-state index contributed by atoms with van der Waals surface area (Å²) in [4.78, 5) is 5.60. The molecule has 0 spiro atoms. The van der Waals surface area contributed by atoms with Crippen LogP contribution in [0.2, 0.25) is 0 Å². The molecule has 4 heteroatoms. The quantitative estimate of drug-likeness (QED) is 0.826. The minimum atomic E-state index is 0.581. The zero-order valence-corrected chi connectivity index (χ0v) is 10.9. The Bertz CT molecular complexity index is 318. The van der Waals surface area contributed by atoms with E-state index in [0.717, 1.165) is 17.6 Å². The fraction of sp³-hybridized carbons (Fsp3) is 0.750.